The Morgan fingerprint density at radius 1 is 1.29 bits per heavy atom. The third kappa shape index (κ3) is 3.16. The Morgan fingerprint density at radius 3 is 2.41 bits per heavy atom. The Labute approximate surface area is 101 Å². The van der Waals surface area contributed by atoms with Crippen LogP contribution in [-0.4, -0.2) is 0 Å². The molecule has 0 aliphatic carbocycles. The molecule has 1 aromatic carbocycles. The Hall–Kier alpha value is -2.13. The number of halogens is 1. The number of rotatable bonds is 3. The maximum absolute atomic E-state index is 13.5. The Kier molecular flexibility index (Phi) is 4.43. The molecule has 86 valence electrons. The van der Waals surface area contributed by atoms with Gasteiger partial charge in [0.25, 0.3) is 0 Å². The minimum Gasteiger partial charge on any atom is -0.207 e. The van der Waals surface area contributed by atoms with E-state index in [1.165, 1.54) is 6.07 Å². The second kappa shape index (κ2) is 5.82. The first-order chi connectivity index (χ1) is 8.10. The Morgan fingerprint density at radius 2 is 1.88 bits per heavy atom. The molecule has 1 atom stereocenters. The summed E-state index contributed by atoms with van der Waals surface area (Å²) in [5.74, 6) is -0.295. The van der Waals surface area contributed by atoms with Gasteiger partial charge in [0.1, 0.15) is 23.5 Å². The normalized spacial score (nSPS) is 11.1. The van der Waals surface area contributed by atoms with E-state index in [0.29, 0.717) is 17.6 Å². The molecule has 0 aliphatic rings. The number of nitriles is 2. The maximum atomic E-state index is 13.5. The summed E-state index contributed by atoms with van der Waals surface area (Å²) in [4.78, 5) is 0. The number of hydrogen-bond donors (Lipinski definition) is 0. The van der Waals surface area contributed by atoms with Crippen LogP contribution in [0.25, 0.3) is 0 Å². The van der Waals surface area contributed by atoms with E-state index < -0.39 is 0 Å². The van der Waals surface area contributed by atoms with Gasteiger partial charge in [-0.3, -0.25) is 0 Å². The average molecular weight is 228 g/mol. The van der Waals surface area contributed by atoms with Crippen LogP contribution in [0.15, 0.2) is 35.4 Å². The van der Waals surface area contributed by atoms with Crippen molar-refractivity contribution in [3.8, 4) is 12.1 Å². The lowest BCUT2D eigenvalue weighted by Gasteiger charge is -2.13. The highest BCUT2D eigenvalue weighted by molar-refractivity contribution is 5.40. The number of allylic oxidation sites excluding steroid dienone is 2. The fourth-order valence-corrected chi connectivity index (χ4v) is 1.76. The quantitative estimate of drug-likeness (QED) is 0.741. The van der Waals surface area contributed by atoms with Gasteiger partial charge >= 0.3 is 0 Å². The molecule has 0 N–H and O–H groups in total. The van der Waals surface area contributed by atoms with Crippen molar-refractivity contribution in [2.24, 2.45) is 0 Å². The van der Waals surface area contributed by atoms with Crippen LogP contribution in [0, 0.1) is 28.5 Å². The number of nitrogens with zero attached hydrogens (tertiary/aromatic N) is 2. The summed E-state index contributed by atoms with van der Waals surface area (Å²) >= 11 is 0. The highest BCUT2D eigenvalue weighted by Gasteiger charge is 2.12. The summed E-state index contributed by atoms with van der Waals surface area (Å²) in [6.45, 7) is 3.62. The first-order valence-electron chi connectivity index (χ1n) is 5.34. The molecule has 0 aliphatic heterocycles. The predicted molar refractivity (Wildman–Crippen MR) is 63.4 cm³/mol. The van der Waals surface area contributed by atoms with Crippen LogP contribution in [0.5, 0.6) is 0 Å². The molecule has 1 rings (SSSR count). The maximum Gasteiger partial charge on any atom is 0.128 e. The van der Waals surface area contributed by atoms with Crippen LogP contribution >= 0.6 is 0 Å². The molecule has 0 unspecified atom stereocenters. The topological polar surface area (TPSA) is 47.6 Å². The molecule has 0 aromatic heterocycles. The van der Waals surface area contributed by atoms with Gasteiger partial charge in [-0.1, -0.05) is 25.1 Å². The van der Waals surface area contributed by atoms with Crippen molar-refractivity contribution in [3.63, 3.8) is 0 Å². The van der Waals surface area contributed by atoms with Gasteiger partial charge in [0, 0.05) is 0 Å². The summed E-state index contributed by atoms with van der Waals surface area (Å²) in [6, 6.07) is 10.3. The summed E-state index contributed by atoms with van der Waals surface area (Å²) in [7, 11) is 0. The average Bonchev–Trinajstić information content (AvgIpc) is 2.31. The van der Waals surface area contributed by atoms with Gasteiger partial charge in [0.2, 0.25) is 0 Å². The van der Waals surface area contributed by atoms with Gasteiger partial charge in [-0.15, -0.1) is 0 Å². The van der Waals surface area contributed by atoms with Crippen molar-refractivity contribution < 1.29 is 4.39 Å². The van der Waals surface area contributed by atoms with Crippen LogP contribution in [-0.2, 0) is 0 Å². The number of hydrogen-bond acceptors (Lipinski definition) is 2. The van der Waals surface area contributed by atoms with E-state index in [-0.39, 0.29) is 17.3 Å². The molecule has 0 spiro atoms. The molecular weight excluding hydrogens is 215 g/mol. The van der Waals surface area contributed by atoms with Crippen molar-refractivity contribution in [1.29, 1.82) is 10.5 Å². The van der Waals surface area contributed by atoms with Crippen LogP contribution < -0.4 is 0 Å². The molecular formula is C14H13FN2. The fraction of sp³-hybridized carbons (Fsp3) is 0.286. The van der Waals surface area contributed by atoms with E-state index in [2.05, 4.69) is 0 Å². The van der Waals surface area contributed by atoms with Crippen molar-refractivity contribution in [2.45, 2.75) is 26.2 Å². The first kappa shape index (κ1) is 12.9. The third-order valence-electron chi connectivity index (χ3n) is 2.70. The molecule has 2 nitrogen and oxygen atoms in total. The van der Waals surface area contributed by atoms with Gasteiger partial charge in [-0.25, -0.2) is 4.39 Å². The molecule has 17 heavy (non-hydrogen) atoms. The van der Waals surface area contributed by atoms with Crippen LogP contribution in [0.1, 0.15) is 31.7 Å². The standard InChI is InChI=1S/C14H13FN2/c1-10(12(8-16)9-17)7-11(2)13-5-3-4-6-14(13)15/h3-6,11H,7H2,1-2H3/t11-/m0/s1. The molecule has 0 radical (unpaired) electrons. The molecule has 0 saturated heterocycles. The van der Waals surface area contributed by atoms with Crippen LogP contribution in [0.2, 0.25) is 0 Å². The lowest BCUT2D eigenvalue weighted by molar-refractivity contribution is 0.587. The zero-order chi connectivity index (χ0) is 12.8. The fourth-order valence-electron chi connectivity index (χ4n) is 1.76. The monoisotopic (exact) mass is 228 g/mol. The van der Waals surface area contributed by atoms with Crippen molar-refractivity contribution in [1.82, 2.24) is 0 Å². The SMILES string of the molecule is CC(C[C@H](C)c1ccccc1F)=C(C#N)C#N. The van der Waals surface area contributed by atoms with E-state index in [4.69, 9.17) is 10.5 Å². The van der Waals surface area contributed by atoms with E-state index >= 15 is 0 Å². The molecule has 1 aromatic rings. The number of benzene rings is 1. The van der Waals surface area contributed by atoms with Gasteiger partial charge in [-0.05, 0) is 36.5 Å². The summed E-state index contributed by atoms with van der Waals surface area (Å²) < 4.78 is 13.5. The Balaban J connectivity index is 2.93. The summed E-state index contributed by atoms with van der Waals surface area (Å²) in [5.41, 5.74) is 1.43. The zero-order valence-electron chi connectivity index (χ0n) is 9.87. The first-order valence-corrected chi connectivity index (χ1v) is 5.34. The van der Waals surface area contributed by atoms with Gasteiger partial charge in [0.05, 0.1) is 0 Å². The van der Waals surface area contributed by atoms with Crippen LogP contribution in [0.4, 0.5) is 4.39 Å². The minimum atomic E-state index is -0.247. The third-order valence-corrected chi connectivity index (χ3v) is 2.70. The molecule has 0 heterocycles. The second-order valence-corrected chi connectivity index (χ2v) is 4.01. The van der Waals surface area contributed by atoms with Crippen molar-refractivity contribution in [3.05, 3.63) is 46.8 Å². The second-order valence-electron chi connectivity index (χ2n) is 4.01. The highest BCUT2D eigenvalue weighted by atomic mass is 19.1. The van der Waals surface area contributed by atoms with Crippen LogP contribution in [0.3, 0.4) is 0 Å². The molecule has 0 bridgehead atoms. The molecule has 0 fully saturated rings. The molecule has 0 saturated carbocycles. The molecule has 0 amide bonds. The summed E-state index contributed by atoms with van der Waals surface area (Å²) in [5, 5.41) is 17.5. The lowest BCUT2D eigenvalue weighted by Crippen LogP contribution is -1.99. The van der Waals surface area contributed by atoms with E-state index in [9.17, 15) is 4.39 Å². The van der Waals surface area contributed by atoms with E-state index in [0.717, 1.165) is 0 Å². The largest absolute Gasteiger partial charge is 0.207 e. The van der Waals surface area contributed by atoms with Gasteiger partial charge < -0.3 is 0 Å². The minimum absolute atomic E-state index is 0.0482. The Bertz CT molecular complexity index is 502. The van der Waals surface area contributed by atoms with E-state index in [1.807, 2.05) is 19.1 Å². The predicted octanol–water partition coefficient (Wildman–Crippen LogP) is 3.68. The van der Waals surface area contributed by atoms with Gasteiger partial charge in [0.15, 0.2) is 0 Å². The van der Waals surface area contributed by atoms with E-state index in [1.54, 1.807) is 25.1 Å². The lowest BCUT2D eigenvalue weighted by atomic mass is 9.92. The van der Waals surface area contributed by atoms with Crippen molar-refractivity contribution in [2.75, 3.05) is 0 Å². The highest BCUT2D eigenvalue weighted by Crippen LogP contribution is 2.26. The smallest absolute Gasteiger partial charge is 0.128 e. The van der Waals surface area contributed by atoms with Crippen molar-refractivity contribution >= 4 is 0 Å². The molecule has 3 heteroatoms. The van der Waals surface area contributed by atoms with Gasteiger partial charge in [-0.2, -0.15) is 10.5 Å². The summed E-state index contributed by atoms with van der Waals surface area (Å²) in [6.07, 6.45) is 0.511. The zero-order valence-corrected chi connectivity index (χ0v) is 9.87.